The molecule has 2 nitrogen and oxygen atoms in total. The molecule has 0 radical (unpaired) electrons. The van der Waals surface area contributed by atoms with Crippen LogP contribution in [-0.2, 0) is 0 Å². The molecule has 0 aliphatic heterocycles. The first-order valence-corrected chi connectivity index (χ1v) is 7.21. The maximum atomic E-state index is 10.0. The van der Waals surface area contributed by atoms with Gasteiger partial charge in [-0.1, -0.05) is 46.8 Å². The minimum atomic E-state index is -0.136. The molecule has 1 aliphatic rings. The number of hydrogen-bond donors (Lipinski definition) is 2. The third-order valence-corrected chi connectivity index (χ3v) is 4.60. The SMILES string of the molecule is Cl.N[C@H](c1c(Br)ccc(Cl)c1O)C1CCCCC1. The number of phenols is 1. The van der Waals surface area contributed by atoms with Crippen LogP contribution in [-0.4, -0.2) is 5.11 Å². The molecule has 0 saturated heterocycles. The first-order valence-electron chi connectivity index (χ1n) is 6.03. The van der Waals surface area contributed by atoms with Gasteiger partial charge in [-0.25, -0.2) is 0 Å². The highest BCUT2D eigenvalue weighted by Crippen LogP contribution is 2.42. The molecule has 0 unspecified atom stereocenters. The molecule has 0 spiro atoms. The number of rotatable bonds is 2. The van der Waals surface area contributed by atoms with Gasteiger partial charge in [-0.15, -0.1) is 12.4 Å². The average Bonchev–Trinajstić information content (AvgIpc) is 2.35. The minimum Gasteiger partial charge on any atom is -0.506 e. The van der Waals surface area contributed by atoms with Crippen molar-refractivity contribution in [1.29, 1.82) is 0 Å². The molecular formula is C13H18BrCl2NO. The number of aromatic hydroxyl groups is 1. The van der Waals surface area contributed by atoms with Crippen molar-refractivity contribution < 1.29 is 5.11 Å². The largest absolute Gasteiger partial charge is 0.506 e. The van der Waals surface area contributed by atoms with Crippen LogP contribution >= 0.6 is 39.9 Å². The van der Waals surface area contributed by atoms with Crippen molar-refractivity contribution >= 4 is 39.9 Å². The van der Waals surface area contributed by atoms with E-state index in [1.165, 1.54) is 19.3 Å². The molecule has 0 amide bonds. The van der Waals surface area contributed by atoms with Crippen molar-refractivity contribution in [2.75, 3.05) is 0 Å². The van der Waals surface area contributed by atoms with Gasteiger partial charge in [0.05, 0.1) is 5.02 Å². The summed E-state index contributed by atoms with van der Waals surface area (Å²) in [6, 6.07) is 3.39. The number of phenolic OH excluding ortho intramolecular Hbond substituents is 1. The summed E-state index contributed by atoms with van der Waals surface area (Å²) in [7, 11) is 0. The molecule has 102 valence electrons. The molecule has 5 heteroatoms. The van der Waals surface area contributed by atoms with Crippen LogP contribution in [0.5, 0.6) is 5.75 Å². The van der Waals surface area contributed by atoms with Crippen molar-refractivity contribution in [1.82, 2.24) is 0 Å². The highest BCUT2D eigenvalue weighted by atomic mass is 79.9. The Morgan fingerprint density at radius 2 is 1.89 bits per heavy atom. The summed E-state index contributed by atoms with van der Waals surface area (Å²) in [5, 5.41) is 10.4. The van der Waals surface area contributed by atoms with E-state index < -0.39 is 0 Å². The third-order valence-electron chi connectivity index (χ3n) is 3.61. The van der Waals surface area contributed by atoms with Gasteiger partial charge in [0.15, 0.2) is 0 Å². The fourth-order valence-corrected chi connectivity index (χ4v) is 3.35. The lowest BCUT2D eigenvalue weighted by atomic mass is 9.81. The van der Waals surface area contributed by atoms with Gasteiger partial charge in [0.1, 0.15) is 5.75 Å². The van der Waals surface area contributed by atoms with E-state index in [1.54, 1.807) is 6.07 Å². The maximum Gasteiger partial charge on any atom is 0.140 e. The normalized spacial score (nSPS) is 18.2. The standard InChI is InChI=1S/C13H17BrClNO.ClH/c14-9-6-7-10(15)13(17)11(9)12(16)8-4-2-1-3-5-8;/h6-8,12,17H,1-5,16H2;1H/t12-;/m0./s1. The Kier molecular flexibility index (Phi) is 6.25. The van der Waals surface area contributed by atoms with Gasteiger partial charge in [0, 0.05) is 16.1 Å². The fraction of sp³-hybridized carbons (Fsp3) is 0.538. The third kappa shape index (κ3) is 3.32. The number of nitrogens with two attached hydrogens (primary N) is 1. The van der Waals surface area contributed by atoms with Gasteiger partial charge in [-0.05, 0) is 30.9 Å². The molecule has 18 heavy (non-hydrogen) atoms. The molecule has 0 aromatic heterocycles. The van der Waals surface area contributed by atoms with Crippen LogP contribution in [0, 0.1) is 5.92 Å². The number of hydrogen-bond acceptors (Lipinski definition) is 2. The summed E-state index contributed by atoms with van der Waals surface area (Å²) < 4.78 is 0.845. The first-order chi connectivity index (χ1) is 8.11. The van der Waals surface area contributed by atoms with Gasteiger partial charge in [0.25, 0.3) is 0 Å². The minimum absolute atomic E-state index is 0. The molecular weight excluding hydrogens is 337 g/mol. The second-order valence-corrected chi connectivity index (χ2v) is 5.98. The number of benzene rings is 1. The van der Waals surface area contributed by atoms with Gasteiger partial charge in [0.2, 0.25) is 0 Å². The van der Waals surface area contributed by atoms with E-state index in [0.29, 0.717) is 10.9 Å². The van der Waals surface area contributed by atoms with Crippen molar-refractivity contribution in [3.8, 4) is 5.75 Å². The van der Waals surface area contributed by atoms with Crippen LogP contribution in [0.4, 0.5) is 0 Å². The Morgan fingerprint density at radius 3 is 2.50 bits per heavy atom. The van der Waals surface area contributed by atoms with Gasteiger partial charge >= 0.3 is 0 Å². The highest BCUT2D eigenvalue weighted by molar-refractivity contribution is 9.10. The quantitative estimate of drug-likeness (QED) is 0.800. The Balaban J connectivity index is 0.00000162. The molecule has 3 N–H and O–H groups in total. The monoisotopic (exact) mass is 353 g/mol. The van der Waals surface area contributed by atoms with Crippen molar-refractivity contribution in [3.63, 3.8) is 0 Å². The van der Waals surface area contributed by atoms with Gasteiger partial charge in [-0.3, -0.25) is 0 Å². The molecule has 1 atom stereocenters. The Morgan fingerprint density at radius 1 is 1.28 bits per heavy atom. The molecule has 0 bridgehead atoms. The first kappa shape index (κ1) is 16.1. The van der Waals surface area contributed by atoms with Crippen LogP contribution in [0.1, 0.15) is 43.7 Å². The second kappa shape index (κ2) is 6.99. The lowest BCUT2D eigenvalue weighted by Crippen LogP contribution is -2.24. The Hall–Kier alpha value is 0.0400. The molecule has 0 heterocycles. The van der Waals surface area contributed by atoms with E-state index >= 15 is 0 Å². The van der Waals surface area contributed by atoms with Crippen LogP contribution in [0.15, 0.2) is 16.6 Å². The average molecular weight is 355 g/mol. The Bertz CT molecular complexity index is 408. The second-order valence-electron chi connectivity index (χ2n) is 4.72. The van der Waals surface area contributed by atoms with E-state index in [9.17, 15) is 5.11 Å². The zero-order chi connectivity index (χ0) is 12.4. The van der Waals surface area contributed by atoms with E-state index in [2.05, 4.69) is 15.9 Å². The summed E-state index contributed by atoms with van der Waals surface area (Å²) in [4.78, 5) is 0. The van der Waals surface area contributed by atoms with Crippen molar-refractivity contribution in [2.45, 2.75) is 38.1 Å². The van der Waals surface area contributed by atoms with Crippen molar-refractivity contribution in [3.05, 3.63) is 27.2 Å². The van der Waals surface area contributed by atoms with Gasteiger partial charge in [-0.2, -0.15) is 0 Å². The molecule has 2 rings (SSSR count). The van der Waals surface area contributed by atoms with Crippen molar-refractivity contribution in [2.24, 2.45) is 11.7 Å². The molecule has 1 aliphatic carbocycles. The van der Waals surface area contributed by atoms with Crippen LogP contribution in [0.3, 0.4) is 0 Å². The smallest absolute Gasteiger partial charge is 0.140 e. The maximum absolute atomic E-state index is 10.0. The van der Waals surface area contributed by atoms with E-state index in [0.717, 1.165) is 22.9 Å². The van der Waals surface area contributed by atoms with E-state index in [4.69, 9.17) is 17.3 Å². The lowest BCUT2D eigenvalue weighted by molar-refractivity contribution is 0.302. The van der Waals surface area contributed by atoms with E-state index in [-0.39, 0.29) is 24.2 Å². The molecule has 1 saturated carbocycles. The zero-order valence-corrected chi connectivity index (χ0v) is 13.2. The molecule has 1 fully saturated rings. The van der Waals surface area contributed by atoms with Gasteiger partial charge < -0.3 is 10.8 Å². The van der Waals surface area contributed by atoms with E-state index in [1.807, 2.05) is 6.07 Å². The summed E-state index contributed by atoms with van der Waals surface area (Å²) in [5.74, 6) is 0.573. The summed E-state index contributed by atoms with van der Waals surface area (Å²) in [6.45, 7) is 0. The Labute approximate surface area is 127 Å². The summed E-state index contributed by atoms with van der Waals surface area (Å²) in [5.41, 5.74) is 7.05. The number of halogens is 3. The van der Waals surface area contributed by atoms with Crippen LogP contribution in [0.2, 0.25) is 5.02 Å². The highest BCUT2D eigenvalue weighted by Gasteiger charge is 2.26. The predicted octanol–water partition coefficient (Wildman–Crippen LogP) is 4.81. The predicted molar refractivity (Wildman–Crippen MR) is 81.6 cm³/mol. The summed E-state index contributed by atoms with van der Waals surface area (Å²) in [6.07, 6.45) is 6.04. The lowest BCUT2D eigenvalue weighted by Gasteiger charge is -2.29. The van der Waals surface area contributed by atoms with Crippen LogP contribution in [0.25, 0.3) is 0 Å². The summed E-state index contributed by atoms with van der Waals surface area (Å²) >= 11 is 9.39. The molecule has 1 aromatic rings. The fourth-order valence-electron chi connectivity index (χ4n) is 2.60. The zero-order valence-electron chi connectivity index (χ0n) is 10.0. The topological polar surface area (TPSA) is 46.2 Å². The van der Waals surface area contributed by atoms with Crippen LogP contribution < -0.4 is 5.73 Å². The molecule has 1 aromatic carbocycles.